The number of nitrogens with zero attached hydrogens (tertiary/aromatic N) is 2. The maximum atomic E-state index is 13.3. The normalized spacial score (nSPS) is 12.0. The van der Waals surface area contributed by atoms with Crippen LogP contribution in [0.1, 0.15) is 24.1 Å². The van der Waals surface area contributed by atoms with E-state index in [4.69, 9.17) is 0 Å². The van der Waals surface area contributed by atoms with Crippen LogP contribution in [0, 0.1) is 18.6 Å². The topological polar surface area (TPSA) is 37.8 Å². The van der Waals surface area contributed by atoms with Crippen LogP contribution in [0.25, 0.3) is 11.1 Å². The molecule has 0 aliphatic rings. The molecular formula is C19H17F2N3. The van der Waals surface area contributed by atoms with Crippen LogP contribution >= 0.6 is 0 Å². The van der Waals surface area contributed by atoms with E-state index in [1.807, 2.05) is 32.0 Å². The molecule has 24 heavy (non-hydrogen) atoms. The lowest BCUT2D eigenvalue weighted by molar-refractivity contribution is 0.506. The van der Waals surface area contributed by atoms with Crippen LogP contribution in [-0.4, -0.2) is 9.97 Å². The highest BCUT2D eigenvalue weighted by atomic mass is 19.2. The first kappa shape index (κ1) is 16.1. The molecule has 0 aliphatic carbocycles. The molecule has 3 nitrogen and oxygen atoms in total. The summed E-state index contributed by atoms with van der Waals surface area (Å²) < 4.78 is 26.3. The number of hydrogen-bond acceptors (Lipinski definition) is 3. The zero-order valence-electron chi connectivity index (χ0n) is 13.4. The van der Waals surface area contributed by atoms with Crippen LogP contribution in [0.4, 0.5) is 14.6 Å². The second-order valence-electron chi connectivity index (χ2n) is 5.72. The molecule has 0 spiro atoms. The Morgan fingerprint density at radius 3 is 2.42 bits per heavy atom. The van der Waals surface area contributed by atoms with Crippen molar-refractivity contribution in [3.63, 3.8) is 0 Å². The standard InChI is InChI=1S/C19H17F2N3/c1-12-7-16(10-22-9-12)15-4-6-19(23-11-15)24-13(2)14-3-5-17(20)18(21)8-14/h3-11,13H,1-2H3,(H,23,24)/t13-/m1/s1. The zero-order chi connectivity index (χ0) is 17.1. The Kier molecular flexibility index (Phi) is 4.51. The summed E-state index contributed by atoms with van der Waals surface area (Å²) in [4.78, 5) is 8.56. The van der Waals surface area contributed by atoms with Gasteiger partial charge in [0, 0.05) is 29.7 Å². The Morgan fingerprint density at radius 2 is 1.75 bits per heavy atom. The second-order valence-corrected chi connectivity index (χ2v) is 5.72. The molecule has 0 radical (unpaired) electrons. The first-order valence-corrected chi connectivity index (χ1v) is 7.62. The average molecular weight is 325 g/mol. The van der Waals surface area contributed by atoms with Gasteiger partial charge in [-0.25, -0.2) is 13.8 Å². The fourth-order valence-electron chi connectivity index (χ4n) is 2.45. The second kappa shape index (κ2) is 6.74. The molecule has 0 aliphatic heterocycles. The number of rotatable bonds is 4. The number of halogens is 2. The number of benzene rings is 1. The van der Waals surface area contributed by atoms with Crippen molar-refractivity contribution in [2.24, 2.45) is 0 Å². The average Bonchev–Trinajstić information content (AvgIpc) is 2.58. The predicted octanol–water partition coefficient (Wildman–Crippen LogP) is 4.90. The molecule has 1 aromatic carbocycles. The maximum absolute atomic E-state index is 13.3. The number of nitrogens with one attached hydrogen (secondary N) is 1. The van der Waals surface area contributed by atoms with Gasteiger partial charge in [0.25, 0.3) is 0 Å². The lowest BCUT2D eigenvalue weighted by Gasteiger charge is -2.15. The van der Waals surface area contributed by atoms with E-state index in [1.54, 1.807) is 24.7 Å². The number of anilines is 1. The van der Waals surface area contributed by atoms with E-state index in [2.05, 4.69) is 15.3 Å². The number of aryl methyl sites for hydroxylation is 1. The quantitative estimate of drug-likeness (QED) is 0.741. The summed E-state index contributed by atoms with van der Waals surface area (Å²) >= 11 is 0. The molecule has 5 heteroatoms. The van der Waals surface area contributed by atoms with Gasteiger partial charge in [-0.3, -0.25) is 4.98 Å². The fourth-order valence-corrected chi connectivity index (χ4v) is 2.45. The minimum absolute atomic E-state index is 0.195. The van der Waals surface area contributed by atoms with Crippen molar-refractivity contribution in [2.45, 2.75) is 19.9 Å². The third-order valence-corrected chi connectivity index (χ3v) is 3.78. The fraction of sp³-hybridized carbons (Fsp3) is 0.158. The van der Waals surface area contributed by atoms with Crippen LogP contribution < -0.4 is 5.32 Å². The molecule has 1 atom stereocenters. The van der Waals surface area contributed by atoms with Gasteiger partial charge in [0.05, 0.1) is 6.04 Å². The summed E-state index contributed by atoms with van der Waals surface area (Å²) in [6.45, 7) is 3.86. The van der Waals surface area contributed by atoms with Crippen molar-refractivity contribution in [1.82, 2.24) is 9.97 Å². The zero-order valence-corrected chi connectivity index (χ0v) is 13.4. The summed E-state index contributed by atoms with van der Waals surface area (Å²) in [5, 5.41) is 3.18. The molecule has 3 aromatic rings. The van der Waals surface area contributed by atoms with E-state index >= 15 is 0 Å². The van der Waals surface area contributed by atoms with Gasteiger partial charge in [0.2, 0.25) is 0 Å². The lowest BCUT2D eigenvalue weighted by Crippen LogP contribution is -2.08. The molecule has 0 saturated heterocycles. The van der Waals surface area contributed by atoms with E-state index in [-0.39, 0.29) is 6.04 Å². The van der Waals surface area contributed by atoms with Crippen LogP contribution in [0.2, 0.25) is 0 Å². The van der Waals surface area contributed by atoms with Crippen LogP contribution in [0.5, 0.6) is 0 Å². The molecule has 122 valence electrons. The number of aromatic nitrogens is 2. The van der Waals surface area contributed by atoms with Gasteiger partial charge >= 0.3 is 0 Å². The predicted molar refractivity (Wildman–Crippen MR) is 90.6 cm³/mol. The maximum Gasteiger partial charge on any atom is 0.159 e. The molecule has 0 saturated carbocycles. The highest BCUT2D eigenvalue weighted by Gasteiger charge is 2.10. The Balaban J connectivity index is 1.75. The Bertz CT molecular complexity index is 847. The molecule has 1 N–H and O–H groups in total. The minimum atomic E-state index is -0.851. The van der Waals surface area contributed by atoms with Crippen molar-refractivity contribution in [3.05, 3.63) is 77.8 Å². The van der Waals surface area contributed by atoms with Crippen molar-refractivity contribution in [2.75, 3.05) is 5.32 Å². The summed E-state index contributed by atoms with van der Waals surface area (Å²) in [6, 6.07) is 9.53. The van der Waals surface area contributed by atoms with Crippen molar-refractivity contribution in [3.8, 4) is 11.1 Å². The molecule has 3 rings (SSSR count). The minimum Gasteiger partial charge on any atom is -0.364 e. The molecule has 2 heterocycles. The van der Waals surface area contributed by atoms with Gasteiger partial charge in [-0.05, 0) is 55.3 Å². The van der Waals surface area contributed by atoms with Gasteiger partial charge in [0.1, 0.15) is 5.82 Å². The SMILES string of the molecule is Cc1cncc(-c2ccc(N[C@H](C)c3ccc(F)c(F)c3)nc2)c1. The monoisotopic (exact) mass is 325 g/mol. The summed E-state index contributed by atoms with van der Waals surface area (Å²) in [7, 11) is 0. The van der Waals surface area contributed by atoms with E-state index in [1.165, 1.54) is 6.07 Å². The first-order chi connectivity index (χ1) is 11.5. The van der Waals surface area contributed by atoms with Crippen LogP contribution in [-0.2, 0) is 0 Å². The van der Waals surface area contributed by atoms with Gasteiger partial charge in [-0.1, -0.05) is 6.07 Å². The molecule has 0 bridgehead atoms. The Labute approximate surface area is 139 Å². The Morgan fingerprint density at radius 1 is 0.917 bits per heavy atom. The summed E-state index contributed by atoms with van der Waals surface area (Å²) in [6.07, 6.45) is 5.36. The van der Waals surface area contributed by atoms with Crippen LogP contribution in [0.3, 0.4) is 0 Å². The van der Waals surface area contributed by atoms with Crippen molar-refractivity contribution >= 4 is 5.82 Å². The van der Waals surface area contributed by atoms with Crippen molar-refractivity contribution in [1.29, 1.82) is 0 Å². The first-order valence-electron chi connectivity index (χ1n) is 7.62. The third-order valence-electron chi connectivity index (χ3n) is 3.78. The smallest absolute Gasteiger partial charge is 0.159 e. The van der Waals surface area contributed by atoms with Crippen LogP contribution in [0.15, 0.2) is 55.0 Å². The van der Waals surface area contributed by atoms with Gasteiger partial charge in [0.15, 0.2) is 11.6 Å². The van der Waals surface area contributed by atoms with Crippen molar-refractivity contribution < 1.29 is 8.78 Å². The third kappa shape index (κ3) is 3.56. The van der Waals surface area contributed by atoms with E-state index in [0.717, 1.165) is 22.8 Å². The van der Waals surface area contributed by atoms with E-state index < -0.39 is 11.6 Å². The highest BCUT2D eigenvalue weighted by molar-refractivity contribution is 5.63. The van der Waals surface area contributed by atoms with E-state index in [9.17, 15) is 8.78 Å². The van der Waals surface area contributed by atoms with Gasteiger partial charge in [-0.15, -0.1) is 0 Å². The molecule has 0 amide bonds. The highest BCUT2D eigenvalue weighted by Crippen LogP contribution is 2.23. The lowest BCUT2D eigenvalue weighted by atomic mass is 10.1. The molecule has 0 fully saturated rings. The number of pyridine rings is 2. The number of hydrogen-bond donors (Lipinski definition) is 1. The van der Waals surface area contributed by atoms with E-state index in [0.29, 0.717) is 11.4 Å². The Hall–Kier alpha value is -2.82. The molecular weight excluding hydrogens is 308 g/mol. The molecule has 2 aromatic heterocycles. The van der Waals surface area contributed by atoms with Gasteiger partial charge < -0.3 is 5.32 Å². The molecule has 0 unspecified atom stereocenters. The largest absolute Gasteiger partial charge is 0.364 e. The van der Waals surface area contributed by atoms with Gasteiger partial charge in [-0.2, -0.15) is 0 Å². The summed E-state index contributed by atoms with van der Waals surface area (Å²) in [5.41, 5.74) is 3.71. The summed E-state index contributed by atoms with van der Waals surface area (Å²) in [5.74, 6) is -1.03.